The lowest BCUT2D eigenvalue weighted by molar-refractivity contribution is -0.115. The third-order valence-electron chi connectivity index (χ3n) is 3.45. The van der Waals surface area contributed by atoms with Gasteiger partial charge in [-0.1, -0.05) is 0 Å². The summed E-state index contributed by atoms with van der Waals surface area (Å²) in [5, 5.41) is 20.0. The standard InChI is InChI=1S/C12H19O15P3/c1-22-7-2-4-8(5-3-7)24-12-11(14)10(13)9(25-12)6-23-29(18,19)27-30(20,21)26-28(15,16)17/h2-5,9-14H,6H2,1H3,(H,18,19)(H,20,21)(H2,15,16,17)/p+1/t9-,10-,11-,12-/m1/s1. The van der Waals surface area contributed by atoms with Gasteiger partial charge in [0, 0.05) is 0 Å². The summed E-state index contributed by atoms with van der Waals surface area (Å²) in [7, 11) is -14.8. The van der Waals surface area contributed by atoms with Crippen LogP contribution in [0.5, 0.6) is 11.5 Å². The van der Waals surface area contributed by atoms with E-state index in [0.29, 0.717) is 5.75 Å². The highest BCUT2D eigenvalue weighted by Crippen LogP contribution is 2.66. The van der Waals surface area contributed by atoms with E-state index in [1.807, 2.05) is 0 Å². The Labute approximate surface area is 169 Å². The Hall–Kier alpha value is -0.890. The summed E-state index contributed by atoms with van der Waals surface area (Å²) in [5.41, 5.74) is 0. The molecule has 0 aromatic heterocycles. The van der Waals surface area contributed by atoms with E-state index in [1.165, 1.54) is 19.2 Å². The lowest BCUT2D eigenvalue weighted by atomic mass is 10.1. The largest absolute Gasteiger partial charge is 0.640 e. The molecule has 1 heterocycles. The molecule has 1 aromatic rings. The minimum absolute atomic E-state index is 0.243. The zero-order valence-electron chi connectivity index (χ0n) is 15.1. The molecule has 2 rings (SSSR count). The summed E-state index contributed by atoms with van der Waals surface area (Å²) >= 11 is 0. The monoisotopic (exact) mass is 497 g/mol. The van der Waals surface area contributed by atoms with E-state index < -0.39 is 54.7 Å². The zero-order valence-corrected chi connectivity index (χ0v) is 17.8. The van der Waals surface area contributed by atoms with Crippen molar-refractivity contribution < 1.29 is 70.8 Å². The average molecular weight is 497 g/mol. The van der Waals surface area contributed by atoms with E-state index in [0.717, 1.165) is 0 Å². The molecule has 0 aliphatic carbocycles. The molecular formula is C12H20O15P3+. The van der Waals surface area contributed by atoms with Crippen LogP contribution >= 0.6 is 23.5 Å². The fourth-order valence-corrected chi connectivity index (χ4v) is 5.29. The van der Waals surface area contributed by atoms with E-state index in [4.69, 9.17) is 28.9 Å². The summed E-state index contributed by atoms with van der Waals surface area (Å²) in [6.07, 6.45) is -6.05. The molecule has 30 heavy (non-hydrogen) atoms. The molecule has 7 N–H and O–H groups in total. The maximum Gasteiger partial charge on any atom is 0.640 e. The van der Waals surface area contributed by atoms with Gasteiger partial charge in [-0.3, -0.25) is 9.42 Å². The molecular weight excluding hydrogens is 477 g/mol. The fraction of sp³-hybridized carbons (Fsp3) is 0.500. The Bertz CT molecular complexity index is 853. The quantitative estimate of drug-likeness (QED) is 0.205. The molecule has 1 aliphatic rings. The topological polar surface area (TPSA) is 231 Å². The van der Waals surface area contributed by atoms with Gasteiger partial charge in [-0.2, -0.15) is 8.88 Å². The summed E-state index contributed by atoms with van der Waals surface area (Å²) in [6.45, 7) is -0.924. The molecule has 1 aromatic carbocycles. The predicted octanol–water partition coefficient (Wildman–Crippen LogP) is -0.404. The number of aliphatic hydroxyl groups is 2. The SMILES string of the molecule is COc1ccc(O[C@@H]2O[C@H](COP(=O)(O)OP(=O)(O)OP(=O)(O)[OH2+])[C@@H](O)[C@H]2O)cc1. The summed E-state index contributed by atoms with van der Waals surface area (Å²) in [4.78, 5) is 33.6. The van der Waals surface area contributed by atoms with Gasteiger partial charge in [-0.25, -0.2) is 9.13 Å². The Kier molecular flexibility index (Phi) is 8.22. The van der Waals surface area contributed by atoms with Gasteiger partial charge in [0.15, 0.2) is 0 Å². The third-order valence-corrected chi connectivity index (χ3v) is 7.29. The summed E-state index contributed by atoms with van der Waals surface area (Å²) < 4.78 is 60.9. The molecule has 1 aliphatic heterocycles. The first-order chi connectivity index (χ1) is 13.7. The molecule has 0 radical (unpaired) electrons. The summed E-state index contributed by atoms with van der Waals surface area (Å²) in [5.74, 6) is 0.778. The highest BCUT2D eigenvalue weighted by atomic mass is 31.3. The predicted molar refractivity (Wildman–Crippen MR) is 95.5 cm³/mol. The smallest absolute Gasteiger partial charge is 0.497 e. The van der Waals surface area contributed by atoms with Gasteiger partial charge >= 0.3 is 23.5 Å². The molecule has 1 saturated heterocycles. The minimum atomic E-state index is -5.62. The third kappa shape index (κ3) is 7.66. The van der Waals surface area contributed by atoms with E-state index in [-0.39, 0.29) is 5.75 Å². The van der Waals surface area contributed by atoms with Gasteiger partial charge in [0.2, 0.25) is 6.29 Å². The fourth-order valence-electron chi connectivity index (χ4n) is 2.21. The molecule has 3 unspecified atom stereocenters. The van der Waals surface area contributed by atoms with Crippen molar-refractivity contribution in [3.63, 3.8) is 0 Å². The first-order valence-corrected chi connectivity index (χ1v) is 12.4. The summed E-state index contributed by atoms with van der Waals surface area (Å²) in [6, 6.07) is 6.10. The lowest BCUT2D eigenvalue weighted by Crippen LogP contribution is -2.35. The second kappa shape index (κ2) is 9.72. The maximum absolute atomic E-state index is 11.7. The zero-order chi connectivity index (χ0) is 22.7. The number of hydrogen-bond acceptors (Lipinski definition) is 11. The second-order valence-corrected chi connectivity index (χ2v) is 10.2. The second-order valence-electron chi connectivity index (χ2n) is 5.73. The van der Waals surface area contributed by atoms with Crippen LogP contribution in [-0.4, -0.2) is 68.1 Å². The van der Waals surface area contributed by atoms with Gasteiger partial charge < -0.3 is 39.1 Å². The molecule has 1 fully saturated rings. The van der Waals surface area contributed by atoms with Crippen molar-refractivity contribution in [3.8, 4) is 11.5 Å². The van der Waals surface area contributed by atoms with E-state index >= 15 is 0 Å². The van der Waals surface area contributed by atoms with Crippen molar-refractivity contribution in [3.05, 3.63) is 24.3 Å². The molecule has 7 atom stereocenters. The minimum Gasteiger partial charge on any atom is -0.497 e. The van der Waals surface area contributed by atoms with Crippen LogP contribution in [0.2, 0.25) is 0 Å². The highest BCUT2D eigenvalue weighted by molar-refractivity contribution is 7.66. The number of ether oxygens (including phenoxy) is 3. The number of phosphoric ester groups is 1. The highest BCUT2D eigenvalue weighted by Gasteiger charge is 2.47. The first kappa shape index (κ1) is 25.4. The van der Waals surface area contributed by atoms with Gasteiger partial charge in [0.05, 0.1) is 13.7 Å². The van der Waals surface area contributed by atoms with E-state index in [1.54, 1.807) is 12.1 Å². The van der Waals surface area contributed by atoms with Crippen molar-refractivity contribution in [2.75, 3.05) is 13.7 Å². The van der Waals surface area contributed by atoms with Crippen molar-refractivity contribution in [1.29, 1.82) is 0 Å². The van der Waals surface area contributed by atoms with E-state index in [9.17, 15) is 28.8 Å². The number of benzene rings is 1. The number of phosphoric acid groups is 2. The van der Waals surface area contributed by atoms with Crippen molar-refractivity contribution in [2.45, 2.75) is 24.6 Å². The number of hydrogen-bond donors (Lipinski definition) is 5. The molecule has 15 nitrogen and oxygen atoms in total. The Balaban J connectivity index is 1.94. The number of aliphatic hydroxyl groups excluding tert-OH is 2. The normalized spacial score (nSPS) is 30.1. The number of rotatable bonds is 10. The van der Waals surface area contributed by atoms with Crippen LogP contribution in [0.1, 0.15) is 0 Å². The van der Waals surface area contributed by atoms with Gasteiger partial charge in [-0.05, 0) is 24.3 Å². The van der Waals surface area contributed by atoms with Crippen LogP contribution in [0.25, 0.3) is 0 Å². The molecule has 172 valence electrons. The van der Waals surface area contributed by atoms with Crippen molar-refractivity contribution in [1.82, 2.24) is 0 Å². The van der Waals surface area contributed by atoms with Crippen LogP contribution in [0.15, 0.2) is 24.3 Å². The van der Waals surface area contributed by atoms with Gasteiger partial charge in [0.25, 0.3) is 0 Å². The van der Waals surface area contributed by atoms with Crippen LogP contribution in [0.3, 0.4) is 0 Å². The van der Waals surface area contributed by atoms with Gasteiger partial charge in [-0.15, -0.1) is 4.31 Å². The molecule has 0 bridgehead atoms. The van der Waals surface area contributed by atoms with Crippen molar-refractivity contribution in [2.24, 2.45) is 0 Å². The molecule has 0 amide bonds. The maximum atomic E-state index is 11.7. The van der Waals surface area contributed by atoms with Crippen LogP contribution in [0, 0.1) is 0 Å². The Morgan fingerprint density at radius 3 is 2.07 bits per heavy atom. The molecule has 0 saturated carbocycles. The molecule has 18 heteroatoms. The Morgan fingerprint density at radius 1 is 0.967 bits per heavy atom. The van der Waals surface area contributed by atoms with Crippen LogP contribution in [-0.2, 0) is 31.6 Å². The first-order valence-electron chi connectivity index (χ1n) is 7.84. The Morgan fingerprint density at radius 2 is 1.53 bits per heavy atom. The lowest BCUT2D eigenvalue weighted by Gasteiger charge is -2.18. The molecule has 0 spiro atoms. The van der Waals surface area contributed by atoms with Crippen LogP contribution in [0.4, 0.5) is 0 Å². The number of methoxy groups -OCH3 is 1. The van der Waals surface area contributed by atoms with E-state index in [2.05, 4.69) is 13.1 Å². The van der Waals surface area contributed by atoms with Gasteiger partial charge in [0.1, 0.15) is 29.8 Å². The van der Waals surface area contributed by atoms with Crippen LogP contribution < -0.4 is 9.47 Å². The average Bonchev–Trinajstić information content (AvgIpc) is 2.85. The van der Waals surface area contributed by atoms with Crippen molar-refractivity contribution >= 4 is 23.5 Å².